The van der Waals surface area contributed by atoms with Gasteiger partial charge in [-0.2, -0.15) is 0 Å². The molecule has 3 rings (SSSR count). The van der Waals surface area contributed by atoms with Crippen LogP contribution in [0.15, 0.2) is 60.2 Å². The van der Waals surface area contributed by atoms with Gasteiger partial charge in [-0.25, -0.2) is 9.78 Å². The van der Waals surface area contributed by atoms with Crippen molar-refractivity contribution in [2.75, 3.05) is 0 Å². The summed E-state index contributed by atoms with van der Waals surface area (Å²) < 4.78 is 5.26. The highest BCUT2D eigenvalue weighted by molar-refractivity contribution is 7.10. The molecule has 0 aliphatic rings. The molecule has 2 N–H and O–H groups in total. The average molecular weight is 439 g/mol. The van der Waals surface area contributed by atoms with Gasteiger partial charge in [0, 0.05) is 23.3 Å². The number of ether oxygens (including phenoxy) is 1. The van der Waals surface area contributed by atoms with E-state index in [4.69, 9.17) is 4.74 Å². The quantitative estimate of drug-likeness (QED) is 0.546. The highest BCUT2D eigenvalue weighted by Gasteiger charge is 2.27. The third-order valence-electron chi connectivity index (χ3n) is 4.66. The van der Waals surface area contributed by atoms with Gasteiger partial charge in [-0.1, -0.05) is 44.2 Å². The minimum Gasteiger partial charge on any atom is -0.445 e. The van der Waals surface area contributed by atoms with Crippen LogP contribution >= 0.6 is 11.3 Å². The molecule has 0 fully saturated rings. The van der Waals surface area contributed by atoms with E-state index in [0.717, 1.165) is 21.8 Å². The number of thiazole rings is 1. The number of alkyl carbamates (subject to hydrolysis) is 1. The summed E-state index contributed by atoms with van der Waals surface area (Å²) in [6.45, 7) is 5.76. The van der Waals surface area contributed by atoms with Crippen molar-refractivity contribution in [2.24, 2.45) is 5.92 Å². The highest BCUT2D eigenvalue weighted by atomic mass is 32.1. The topological polar surface area (TPSA) is 93.2 Å². The van der Waals surface area contributed by atoms with Crippen molar-refractivity contribution < 1.29 is 14.3 Å². The van der Waals surface area contributed by atoms with Crippen LogP contribution in [0.25, 0.3) is 11.3 Å². The van der Waals surface area contributed by atoms with E-state index in [2.05, 4.69) is 20.6 Å². The van der Waals surface area contributed by atoms with Gasteiger partial charge < -0.3 is 15.4 Å². The zero-order chi connectivity index (χ0) is 22.2. The van der Waals surface area contributed by atoms with E-state index in [-0.39, 0.29) is 24.5 Å². The van der Waals surface area contributed by atoms with Gasteiger partial charge in [0.1, 0.15) is 17.7 Å². The van der Waals surface area contributed by atoms with E-state index in [1.807, 2.05) is 68.6 Å². The lowest BCUT2D eigenvalue weighted by Gasteiger charge is -2.23. The van der Waals surface area contributed by atoms with Crippen molar-refractivity contribution in [1.29, 1.82) is 0 Å². The molecule has 3 aromatic rings. The summed E-state index contributed by atoms with van der Waals surface area (Å²) in [5.74, 6) is -0.389. The molecule has 2 aromatic heterocycles. The van der Waals surface area contributed by atoms with Gasteiger partial charge in [-0.05, 0) is 30.5 Å². The number of hydrogen-bond donors (Lipinski definition) is 2. The molecule has 0 spiro atoms. The summed E-state index contributed by atoms with van der Waals surface area (Å²) in [5, 5.41) is 8.36. The van der Waals surface area contributed by atoms with Crippen LogP contribution in [0.4, 0.5) is 4.79 Å². The van der Waals surface area contributed by atoms with Gasteiger partial charge in [0.05, 0.1) is 11.7 Å². The maximum Gasteiger partial charge on any atom is 0.408 e. The molecule has 8 heteroatoms. The van der Waals surface area contributed by atoms with Gasteiger partial charge in [-0.15, -0.1) is 11.3 Å². The maximum absolute atomic E-state index is 12.8. The third-order valence-corrected chi connectivity index (χ3v) is 5.69. The minimum atomic E-state index is -0.717. The molecule has 0 saturated heterocycles. The van der Waals surface area contributed by atoms with Crippen LogP contribution in [-0.2, 0) is 16.1 Å². The summed E-state index contributed by atoms with van der Waals surface area (Å²) in [4.78, 5) is 33.7. The normalized spacial score (nSPS) is 12.8. The van der Waals surface area contributed by atoms with Gasteiger partial charge >= 0.3 is 6.09 Å². The van der Waals surface area contributed by atoms with Crippen LogP contribution in [-0.4, -0.2) is 28.0 Å². The fourth-order valence-corrected chi connectivity index (χ4v) is 3.77. The number of nitrogens with one attached hydrogen (secondary N) is 2. The number of benzene rings is 1. The molecule has 7 nitrogen and oxygen atoms in total. The molecule has 0 saturated carbocycles. The molecular formula is C23H26N4O3S. The van der Waals surface area contributed by atoms with Crippen molar-refractivity contribution in [3.63, 3.8) is 0 Å². The lowest BCUT2D eigenvalue weighted by atomic mass is 10.0. The van der Waals surface area contributed by atoms with Crippen LogP contribution in [0.2, 0.25) is 0 Å². The molecule has 0 radical (unpaired) electrons. The van der Waals surface area contributed by atoms with Crippen LogP contribution in [0.3, 0.4) is 0 Å². The van der Waals surface area contributed by atoms with Crippen LogP contribution in [0.1, 0.15) is 37.4 Å². The molecule has 0 aliphatic heterocycles. The monoisotopic (exact) mass is 438 g/mol. The second-order valence-corrected chi connectivity index (χ2v) is 8.35. The third kappa shape index (κ3) is 6.36. The van der Waals surface area contributed by atoms with E-state index in [1.165, 1.54) is 11.3 Å². The minimum absolute atomic E-state index is 0.111. The molecule has 2 heterocycles. The zero-order valence-electron chi connectivity index (χ0n) is 17.7. The highest BCUT2D eigenvalue weighted by Crippen LogP contribution is 2.25. The van der Waals surface area contributed by atoms with Gasteiger partial charge in [0.25, 0.3) is 0 Å². The lowest BCUT2D eigenvalue weighted by Crippen LogP contribution is -2.50. The molecule has 1 aromatic carbocycles. The van der Waals surface area contributed by atoms with Crippen LogP contribution < -0.4 is 10.6 Å². The Labute approximate surface area is 185 Å². The van der Waals surface area contributed by atoms with Gasteiger partial charge in [0.15, 0.2) is 0 Å². The zero-order valence-corrected chi connectivity index (χ0v) is 18.6. The molecule has 1 unspecified atom stereocenters. The molecule has 0 aliphatic carbocycles. The van der Waals surface area contributed by atoms with Crippen LogP contribution in [0.5, 0.6) is 0 Å². The first kappa shape index (κ1) is 22.4. The fourth-order valence-electron chi connectivity index (χ4n) is 2.93. The molecule has 31 heavy (non-hydrogen) atoms. The van der Waals surface area contributed by atoms with Crippen LogP contribution in [0, 0.1) is 5.92 Å². The number of carbonyl (C=O) groups excluding carboxylic acids is 2. The van der Waals surface area contributed by atoms with Gasteiger partial charge in [0.2, 0.25) is 5.91 Å². The largest absolute Gasteiger partial charge is 0.445 e. The predicted molar refractivity (Wildman–Crippen MR) is 120 cm³/mol. The summed E-state index contributed by atoms with van der Waals surface area (Å²) >= 11 is 1.48. The second-order valence-electron chi connectivity index (χ2n) is 7.46. The van der Waals surface area contributed by atoms with Crippen molar-refractivity contribution in [3.8, 4) is 11.3 Å². The Hall–Kier alpha value is -3.26. The first-order chi connectivity index (χ1) is 14.9. The number of nitrogens with zero attached hydrogens (tertiary/aromatic N) is 2. The van der Waals surface area contributed by atoms with Crippen molar-refractivity contribution in [3.05, 3.63) is 70.8 Å². The van der Waals surface area contributed by atoms with E-state index >= 15 is 0 Å². The maximum atomic E-state index is 12.8. The molecule has 2 amide bonds. The number of amides is 2. The van der Waals surface area contributed by atoms with Crippen molar-refractivity contribution in [1.82, 2.24) is 20.6 Å². The Bertz CT molecular complexity index is 992. The first-order valence-corrected chi connectivity index (χ1v) is 11.0. The number of rotatable bonds is 8. The number of carbonyl (C=O) groups is 2. The Morgan fingerprint density at radius 1 is 1.03 bits per heavy atom. The smallest absolute Gasteiger partial charge is 0.408 e. The van der Waals surface area contributed by atoms with E-state index in [9.17, 15) is 9.59 Å². The molecular weight excluding hydrogens is 412 g/mol. The van der Waals surface area contributed by atoms with E-state index < -0.39 is 12.1 Å². The Morgan fingerprint density at radius 3 is 2.42 bits per heavy atom. The Kier molecular flexibility index (Phi) is 7.72. The SMILES string of the molecule is CC(NC(=O)[C@@H](NC(=O)OCc1ccccc1)C(C)C)c1nc(-c2ccncc2)cs1. The second kappa shape index (κ2) is 10.7. The standard InChI is InChI=1S/C23H26N4O3S/c1-15(2)20(27-23(29)30-13-17-7-5-4-6-8-17)21(28)25-16(3)22-26-19(14-31-22)18-9-11-24-12-10-18/h4-12,14-16,20H,13H2,1-3H3,(H,25,28)(H,27,29)/t16?,20-/m0/s1. The number of pyridine rings is 1. The summed E-state index contributed by atoms with van der Waals surface area (Å²) in [6.07, 6.45) is 2.81. The Morgan fingerprint density at radius 2 is 1.74 bits per heavy atom. The Balaban J connectivity index is 1.57. The first-order valence-electron chi connectivity index (χ1n) is 10.1. The average Bonchev–Trinajstić information content (AvgIpc) is 3.27. The van der Waals surface area contributed by atoms with Crippen molar-refractivity contribution >= 4 is 23.3 Å². The summed E-state index contributed by atoms with van der Waals surface area (Å²) in [7, 11) is 0. The summed E-state index contributed by atoms with van der Waals surface area (Å²) in [6, 6.07) is 12.2. The lowest BCUT2D eigenvalue weighted by molar-refractivity contribution is -0.124. The van der Waals surface area contributed by atoms with E-state index in [1.54, 1.807) is 12.4 Å². The molecule has 2 atom stereocenters. The van der Waals surface area contributed by atoms with E-state index in [0.29, 0.717) is 0 Å². The number of aromatic nitrogens is 2. The predicted octanol–water partition coefficient (Wildman–Crippen LogP) is 4.33. The van der Waals surface area contributed by atoms with Crippen molar-refractivity contribution in [2.45, 2.75) is 39.5 Å². The summed E-state index contributed by atoms with van der Waals surface area (Å²) in [5.41, 5.74) is 2.69. The number of hydrogen-bond acceptors (Lipinski definition) is 6. The molecule has 162 valence electrons. The molecule has 0 bridgehead atoms. The fraction of sp³-hybridized carbons (Fsp3) is 0.304. The van der Waals surface area contributed by atoms with Gasteiger partial charge in [-0.3, -0.25) is 9.78 Å².